The number of nitrogens with one attached hydrogen (secondary N) is 3. The molecule has 158 valence electrons. The molecule has 0 aromatic carbocycles. The molecule has 3 atom stereocenters. The molecule has 1 aliphatic carbocycles. The van der Waals surface area contributed by atoms with Crippen molar-refractivity contribution in [2.45, 2.75) is 64.3 Å². The van der Waals surface area contributed by atoms with Crippen LogP contribution in [0.4, 0.5) is 4.39 Å². The summed E-state index contributed by atoms with van der Waals surface area (Å²) in [5.41, 5.74) is 0.472. The fourth-order valence-corrected chi connectivity index (χ4v) is 3.38. The van der Waals surface area contributed by atoms with E-state index in [4.69, 9.17) is 9.47 Å². The lowest BCUT2D eigenvalue weighted by Crippen LogP contribution is -2.61. The molecule has 1 aliphatic heterocycles. The third-order valence-electron chi connectivity index (χ3n) is 4.84. The number of nitrogens with zero attached hydrogens (tertiary/aromatic N) is 1. The molecule has 2 rings (SSSR count). The fourth-order valence-electron chi connectivity index (χ4n) is 3.38. The lowest BCUT2D eigenvalue weighted by atomic mass is 9.87. The monoisotopic (exact) mass is 398 g/mol. The van der Waals surface area contributed by atoms with Gasteiger partial charge in [-0.3, -0.25) is 9.79 Å². The largest absolute Gasteiger partial charge is 0.463 e. The lowest BCUT2D eigenvalue weighted by molar-refractivity contribution is -0.139. The number of amides is 1. The van der Waals surface area contributed by atoms with Crippen LogP contribution in [0.1, 0.15) is 40.0 Å². The third-order valence-corrected chi connectivity index (χ3v) is 4.84. The maximum Gasteiger partial charge on any atom is 0.333 e. The van der Waals surface area contributed by atoms with Crippen molar-refractivity contribution >= 4 is 17.8 Å². The fraction of sp³-hybridized carbons (Fsp3) is 0.737. The molecular formula is C19H31FN4O4. The van der Waals surface area contributed by atoms with Gasteiger partial charge in [0.15, 0.2) is 12.6 Å². The van der Waals surface area contributed by atoms with E-state index in [1.54, 1.807) is 13.0 Å². The molecule has 1 amide bonds. The van der Waals surface area contributed by atoms with Crippen LogP contribution < -0.4 is 16.0 Å². The van der Waals surface area contributed by atoms with E-state index in [1.165, 1.54) is 0 Å². The van der Waals surface area contributed by atoms with Gasteiger partial charge in [0, 0.05) is 18.5 Å². The highest BCUT2D eigenvalue weighted by Gasteiger charge is 2.38. The standard InChI is InChI=1S/C19H31FN4O4/c1-4-13(5-2)28-15-10-12(18(26)27-6-3)9-14(17(15)24-16(25)11-20)23-19-21-7-8-22-19/h10,13-15,17H,4-9,11H2,1-3H3,(H,24,25)(H2,21,22,23)/t14-,15+,17+/m0/s1. The first-order valence-corrected chi connectivity index (χ1v) is 9.95. The maximum atomic E-state index is 12.9. The number of rotatable bonds is 9. The van der Waals surface area contributed by atoms with E-state index < -0.39 is 36.7 Å². The van der Waals surface area contributed by atoms with Crippen LogP contribution in [0, 0.1) is 0 Å². The highest BCUT2D eigenvalue weighted by Crippen LogP contribution is 2.25. The number of esters is 1. The first-order valence-electron chi connectivity index (χ1n) is 9.95. The number of halogens is 1. The molecule has 0 bridgehead atoms. The number of guanidine groups is 1. The Bertz CT molecular complexity index is 607. The van der Waals surface area contributed by atoms with Crippen molar-refractivity contribution in [3.05, 3.63) is 11.6 Å². The van der Waals surface area contributed by atoms with E-state index >= 15 is 0 Å². The van der Waals surface area contributed by atoms with Gasteiger partial charge < -0.3 is 25.4 Å². The first-order chi connectivity index (χ1) is 13.5. The van der Waals surface area contributed by atoms with Crippen molar-refractivity contribution in [1.29, 1.82) is 0 Å². The molecule has 0 spiro atoms. The second-order valence-electron chi connectivity index (χ2n) is 6.79. The molecule has 0 aromatic heterocycles. The van der Waals surface area contributed by atoms with Crippen LogP contribution >= 0.6 is 0 Å². The van der Waals surface area contributed by atoms with Gasteiger partial charge in [0.05, 0.1) is 37.4 Å². The van der Waals surface area contributed by atoms with Crippen LogP contribution in [0.25, 0.3) is 0 Å². The smallest absolute Gasteiger partial charge is 0.333 e. The zero-order valence-electron chi connectivity index (χ0n) is 16.8. The summed E-state index contributed by atoms with van der Waals surface area (Å²) >= 11 is 0. The number of carbonyl (C=O) groups excluding carboxylic acids is 2. The molecule has 28 heavy (non-hydrogen) atoms. The molecule has 2 aliphatic rings. The van der Waals surface area contributed by atoms with Gasteiger partial charge in [-0.15, -0.1) is 0 Å². The van der Waals surface area contributed by atoms with Gasteiger partial charge in [-0.2, -0.15) is 0 Å². The summed E-state index contributed by atoms with van der Waals surface area (Å²) in [7, 11) is 0. The Labute approximate surface area is 165 Å². The van der Waals surface area contributed by atoms with Crippen LogP contribution in [0.3, 0.4) is 0 Å². The Morgan fingerprint density at radius 1 is 1.36 bits per heavy atom. The minimum atomic E-state index is -1.12. The molecule has 8 nitrogen and oxygen atoms in total. The van der Waals surface area contributed by atoms with Crippen LogP contribution in [0.2, 0.25) is 0 Å². The Kier molecular flexibility index (Phi) is 8.69. The SMILES string of the molecule is CCOC(=O)C1=C[C@@H](OC(CC)CC)[C@H](NC(=O)CF)[C@@H](NC2=NCCN2)C1. The normalized spacial score (nSPS) is 24.2. The molecule has 0 saturated carbocycles. The molecule has 0 radical (unpaired) electrons. The van der Waals surface area contributed by atoms with Crippen molar-refractivity contribution in [2.75, 3.05) is 26.4 Å². The van der Waals surface area contributed by atoms with E-state index in [9.17, 15) is 14.0 Å². The highest BCUT2D eigenvalue weighted by atomic mass is 19.1. The zero-order chi connectivity index (χ0) is 20.5. The van der Waals surface area contributed by atoms with E-state index in [1.807, 2.05) is 13.8 Å². The Balaban J connectivity index is 2.31. The lowest BCUT2D eigenvalue weighted by Gasteiger charge is -2.39. The molecule has 3 N–H and O–H groups in total. The Morgan fingerprint density at radius 3 is 2.68 bits per heavy atom. The van der Waals surface area contributed by atoms with E-state index in [2.05, 4.69) is 20.9 Å². The predicted molar refractivity (Wildman–Crippen MR) is 104 cm³/mol. The molecule has 0 fully saturated rings. The number of hydrogen-bond acceptors (Lipinski definition) is 7. The minimum absolute atomic E-state index is 0.0461. The summed E-state index contributed by atoms with van der Waals surface area (Å²) in [5, 5.41) is 9.06. The van der Waals surface area contributed by atoms with Crippen LogP contribution in [-0.4, -0.2) is 68.5 Å². The van der Waals surface area contributed by atoms with Crippen LogP contribution in [0.15, 0.2) is 16.6 Å². The minimum Gasteiger partial charge on any atom is -0.463 e. The third kappa shape index (κ3) is 5.92. The summed E-state index contributed by atoms with van der Waals surface area (Å²) in [5.74, 6) is -0.538. The number of ether oxygens (including phenoxy) is 2. The molecule has 0 unspecified atom stereocenters. The van der Waals surface area contributed by atoms with Crippen molar-refractivity contribution in [3.63, 3.8) is 0 Å². The van der Waals surface area contributed by atoms with Gasteiger partial charge in [-0.05, 0) is 25.8 Å². The van der Waals surface area contributed by atoms with Crippen LogP contribution in [-0.2, 0) is 19.1 Å². The summed E-state index contributed by atoms with van der Waals surface area (Å²) in [6.07, 6.45) is 2.93. The average molecular weight is 398 g/mol. The van der Waals surface area contributed by atoms with Gasteiger partial charge in [-0.1, -0.05) is 13.8 Å². The van der Waals surface area contributed by atoms with Gasteiger partial charge in [-0.25, -0.2) is 9.18 Å². The topological polar surface area (TPSA) is 101 Å². The van der Waals surface area contributed by atoms with Gasteiger partial charge >= 0.3 is 5.97 Å². The van der Waals surface area contributed by atoms with Crippen molar-refractivity contribution in [3.8, 4) is 0 Å². The molecule has 0 aromatic rings. The van der Waals surface area contributed by atoms with E-state index in [0.717, 1.165) is 12.8 Å². The summed E-state index contributed by atoms with van der Waals surface area (Å²) in [4.78, 5) is 28.5. The molecule has 0 saturated heterocycles. The van der Waals surface area contributed by atoms with Gasteiger partial charge in [0.25, 0.3) is 5.91 Å². The number of aliphatic imine (C=N–C) groups is 1. The summed E-state index contributed by atoms with van der Waals surface area (Å²) < 4.78 is 24.2. The molecule has 1 heterocycles. The summed E-state index contributed by atoms with van der Waals surface area (Å²) in [6.45, 7) is 6.27. The Morgan fingerprint density at radius 2 is 2.11 bits per heavy atom. The van der Waals surface area contributed by atoms with Gasteiger partial charge in [0.2, 0.25) is 0 Å². The molecular weight excluding hydrogens is 367 g/mol. The number of alkyl halides is 1. The average Bonchev–Trinajstić information content (AvgIpc) is 3.20. The van der Waals surface area contributed by atoms with Crippen LogP contribution in [0.5, 0.6) is 0 Å². The predicted octanol–water partition coefficient (Wildman–Crippen LogP) is 0.825. The van der Waals surface area contributed by atoms with Crippen molar-refractivity contribution in [2.24, 2.45) is 4.99 Å². The number of hydrogen-bond donors (Lipinski definition) is 3. The molecule has 9 heteroatoms. The Hall–Kier alpha value is -2.16. The second-order valence-corrected chi connectivity index (χ2v) is 6.79. The summed E-state index contributed by atoms with van der Waals surface area (Å²) in [6, 6.07) is -0.948. The zero-order valence-corrected chi connectivity index (χ0v) is 16.8. The quantitative estimate of drug-likeness (QED) is 0.497. The maximum absolute atomic E-state index is 12.9. The highest BCUT2D eigenvalue weighted by molar-refractivity contribution is 5.89. The second kappa shape index (κ2) is 11.0. The van der Waals surface area contributed by atoms with Gasteiger partial charge in [0.1, 0.15) is 0 Å². The van der Waals surface area contributed by atoms with Crippen molar-refractivity contribution in [1.82, 2.24) is 16.0 Å². The van der Waals surface area contributed by atoms with E-state index in [0.29, 0.717) is 31.0 Å². The first kappa shape index (κ1) is 22.1. The van der Waals surface area contributed by atoms with Crippen molar-refractivity contribution < 1.29 is 23.5 Å². The number of carbonyl (C=O) groups is 2. The van der Waals surface area contributed by atoms with E-state index in [-0.39, 0.29) is 12.7 Å².